The highest BCUT2D eigenvalue weighted by Crippen LogP contribution is 2.30. The Bertz CT molecular complexity index is 729. The third-order valence-electron chi connectivity index (χ3n) is 9.28. The smallest absolute Gasteiger partial charge is 0.186 e. The molecule has 0 saturated carbocycles. The van der Waals surface area contributed by atoms with Crippen LogP contribution in [0.5, 0.6) is 0 Å². The lowest BCUT2D eigenvalue weighted by Gasteiger charge is -2.22. The van der Waals surface area contributed by atoms with Crippen LogP contribution in [0.1, 0.15) is 162 Å². The Morgan fingerprint density at radius 2 is 1.30 bits per heavy atom. The summed E-state index contributed by atoms with van der Waals surface area (Å²) >= 11 is 0. The van der Waals surface area contributed by atoms with E-state index >= 15 is 0 Å². The van der Waals surface area contributed by atoms with Gasteiger partial charge in [0.2, 0.25) is 0 Å². The van der Waals surface area contributed by atoms with Crippen molar-refractivity contribution in [3.63, 3.8) is 0 Å². The number of aliphatic hydroxyl groups excluding tert-OH is 5. The molecule has 8 nitrogen and oxygen atoms in total. The molecule has 2 aliphatic heterocycles. The van der Waals surface area contributed by atoms with Gasteiger partial charge in [-0.3, -0.25) is 0 Å². The third kappa shape index (κ3) is 17.1. The van der Waals surface area contributed by atoms with Crippen molar-refractivity contribution >= 4 is 0 Å². The summed E-state index contributed by atoms with van der Waals surface area (Å²) in [7, 11) is 0. The van der Waals surface area contributed by atoms with E-state index in [0.717, 1.165) is 51.4 Å². The van der Waals surface area contributed by atoms with E-state index in [4.69, 9.17) is 9.47 Å². The molecule has 0 aromatic carbocycles. The molecule has 1 unspecified atom stereocenters. The maximum Gasteiger partial charge on any atom is 0.186 e. The van der Waals surface area contributed by atoms with Gasteiger partial charge in [-0.05, 0) is 69.9 Å². The molecule has 8 heteroatoms. The topological polar surface area (TPSA) is 140 Å². The van der Waals surface area contributed by atoms with Crippen molar-refractivity contribution in [1.29, 1.82) is 0 Å². The second kappa shape index (κ2) is 22.0. The molecule has 1 saturated heterocycles. The van der Waals surface area contributed by atoms with Crippen LogP contribution >= 0.6 is 0 Å². The minimum absolute atomic E-state index is 0.129. The maximum absolute atomic E-state index is 10.6. The van der Waals surface area contributed by atoms with Crippen molar-refractivity contribution in [1.82, 2.24) is 0 Å². The summed E-state index contributed by atoms with van der Waals surface area (Å²) in [4.78, 5) is 0. The highest BCUT2D eigenvalue weighted by molar-refractivity contribution is 5.16. The maximum atomic E-state index is 10.6. The first-order chi connectivity index (χ1) is 20.6. The van der Waals surface area contributed by atoms with Crippen LogP contribution in [0.25, 0.3) is 0 Å². The lowest BCUT2D eigenvalue weighted by molar-refractivity contribution is -0.213. The van der Waals surface area contributed by atoms with Gasteiger partial charge in [0, 0.05) is 0 Å². The fourth-order valence-corrected chi connectivity index (χ4v) is 6.55. The van der Waals surface area contributed by atoms with Crippen molar-refractivity contribution in [2.75, 3.05) is 0 Å². The molecule has 0 radical (unpaired) electrons. The van der Waals surface area contributed by atoms with E-state index in [2.05, 4.69) is 6.92 Å². The molecular weight excluding hydrogens is 548 g/mol. The van der Waals surface area contributed by atoms with E-state index in [1.165, 1.54) is 77.2 Å². The number of hydrogen-bond acceptors (Lipinski definition) is 8. The van der Waals surface area contributed by atoms with E-state index < -0.39 is 36.5 Å². The fourth-order valence-electron chi connectivity index (χ4n) is 6.55. The summed E-state index contributed by atoms with van der Waals surface area (Å²) in [5, 5.41) is 61.3. The molecule has 0 aliphatic carbocycles. The van der Waals surface area contributed by atoms with Crippen molar-refractivity contribution in [3.8, 4) is 0 Å². The van der Waals surface area contributed by atoms with Gasteiger partial charge >= 0.3 is 0 Å². The molecule has 1 fully saturated rings. The fraction of sp³-hybridized carbons (Fsp3) is 0.943. The Kier molecular flexibility index (Phi) is 19.8. The molecule has 0 spiro atoms. The Balaban J connectivity index is 1.44. The largest absolute Gasteiger partial charge is 0.393 e. The first-order valence-corrected chi connectivity index (χ1v) is 17.8. The molecule has 8 atom stereocenters. The predicted octanol–water partition coefficient (Wildman–Crippen LogP) is 6.17. The van der Waals surface area contributed by atoms with Crippen molar-refractivity contribution in [3.05, 3.63) is 11.6 Å². The summed E-state index contributed by atoms with van der Waals surface area (Å²) in [5.41, 5.74) is 0.517. The normalized spacial score (nSPS) is 26.9. The first-order valence-electron chi connectivity index (χ1n) is 17.8. The second-order valence-corrected chi connectivity index (χ2v) is 13.6. The predicted molar refractivity (Wildman–Crippen MR) is 170 cm³/mol. The van der Waals surface area contributed by atoms with Crippen LogP contribution in [-0.4, -0.2) is 79.3 Å². The molecule has 6 N–H and O–H groups in total. The molecule has 0 bridgehead atoms. The van der Waals surface area contributed by atoms with Crippen LogP contribution in [0, 0.1) is 0 Å². The molecule has 2 rings (SSSR count). The van der Waals surface area contributed by atoms with Gasteiger partial charge in [0.05, 0.1) is 36.6 Å². The third-order valence-corrected chi connectivity index (χ3v) is 9.28. The van der Waals surface area contributed by atoms with Crippen LogP contribution in [-0.2, 0) is 9.47 Å². The van der Waals surface area contributed by atoms with Crippen molar-refractivity contribution < 1.29 is 40.1 Å². The van der Waals surface area contributed by atoms with Crippen LogP contribution in [0.2, 0.25) is 0 Å². The number of hydrogen-bond donors (Lipinski definition) is 6. The molecule has 0 aromatic heterocycles. The molecule has 2 heterocycles. The summed E-state index contributed by atoms with van der Waals surface area (Å²) in [5.74, 6) is -1.48. The Labute approximate surface area is 261 Å². The standard InChI is InChI=1S/C35H66O8/c1-3-4-5-6-7-8-9-10-11-12-13-17-20-30(37)31(38)22-23-32(39)33-24-21-29(42-33)19-16-14-15-18-28(36)25-27-26-35(2,41)43-34(27)40/h26,28-34,36-41H,3-25H2,1-2H3/t28-,29-,30+,31+,32+,33+,34?,35+/m1/s1. The Morgan fingerprint density at radius 1 is 0.744 bits per heavy atom. The van der Waals surface area contributed by atoms with E-state index in [1.807, 2.05) is 0 Å². The van der Waals surface area contributed by atoms with Crippen LogP contribution in [0.4, 0.5) is 0 Å². The zero-order valence-corrected chi connectivity index (χ0v) is 27.4. The van der Waals surface area contributed by atoms with Crippen LogP contribution in [0.3, 0.4) is 0 Å². The summed E-state index contributed by atoms with van der Waals surface area (Å²) in [6, 6.07) is 0. The van der Waals surface area contributed by atoms with Gasteiger partial charge in [-0.25, -0.2) is 0 Å². The zero-order chi connectivity index (χ0) is 31.5. The molecule has 2 aliphatic rings. The van der Waals surface area contributed by atoms with Gasteiger partial charge in [-0.2, -0.15) is 0 Å². The minimum atomic E-state index is -1.48. The number of ether oxygens (including phenoxy) is 2. The highest BCUT2D eigenvalue weighted by Gasteiger charge is 2.34. The lowest BCUT2D eigenvalue weighted by atomic mass is 9.97. The molecule has 254 valence electrons. The SMILES string of the molecule is CCCCCCCCCCCCCC[C@H](O)[C@@H](O)CC[C@H](O)[C@@H]1CC[C@@H](CCCCC[C@@H](O)CC2=C[C@@](C)(O)OC2O)O1. The second-order valence-electron chi connectivity index (χ2n) is 13.6. The van der Waals surface area contributed by atoms with E-state index in [9.17, 15) is 30.6 Å². The first kappa shape index (κ1) is 38.6. The Morgan fingerprint density at radius 3 is 1.91 bits per heavy atom. The van der Waals surface area contributed by atoms with Gasteiger partial charge in [0.25, 0.3) is 0 Å². The van der Waals surface area contributed by atoms with Gasteiger partial charge in [0.15, 0.2) is 12.1 Å². The monoisotopic (exact) mass is 614 g/mol. The quantitative estimate of drug-likeness (QED) is 0.0502. The zero-order valence-electron chi connectivity index (χ0n) is 27.4. The highest BCUT2D eigenvalue weighted by atomic mass is 16.7. The van der Waals surface area contributed by atoms with Crippen LogP contribution in [0.15, 0.2) is 11.6 Å². The number of aliphatic hydroxyl groups is 6. The van der Waals surface area contributed by atoms with Crippen molar-refractivity contribution in [2.24, 2.45) is 0 Å². The van der Waals surface area contributed by atoms with Gasteiger partial charge in [0.1, 0.15) is 0 Å². The van der Waals surface area contributed by atoms with E-state index in [1.54, 1.807) is 0 Å². The average Bonchev–Trinajstić information content (AvgIpc) is 3.54. The summed E-state index contributed by atoms with van der Waals surface area (Å²) in [6.07, 6.45) is 20.6. The molecule has 0 aromatic rings. The molecule has 0 amide bonds. The molecular formula is C35H66O8. The summed E-state index contributed by atoms with van der Waals surface area (Å²) < 4.78 is 11.1. The average molecular weight is 615 g/mol. The lowest BCUT2D eigenvalue weighted by Crippen LogP contribution is -2.31. The van der Waals surface area contributed by atoms with Gasteiger partial charge < -0.3 is 40.1 Å². The number of unbranched alkanes of at least 4 members (excludes halogenated alkanes) is 13. The summed E-state index contributed by atoms with van der Waals surface area (Å²) in [6.45, 7) is 3.71. The van der Waals surface area contributed by atoms with Gasteiger partial charge in [-0.15, -0.1) is 0 Å². The van der Waals surface area contributed by atoms with E-state index in [-0.39, 0.29) is 18.6 Å². The molecule has 43 heavy (non-hydrogen) atoms. The minimum Gasteiger partial charge on any atom is -0.393 e. The van der Waals surface area contributed by atoms with Gasteiger partial charge in [-0.1, -0.05) is 103 Å². The van der Waals surface area contributed by atoms with E-state index in [0.29, 0.717) is 31.3 Å². The Hall–Kier alpha value is -0.580. The number of rotatable bonds is 26. The van der Waals surface area contributed by atoms with Crippen molar-refractivity contribution in [2.45, 2.75) is 210 Å². The van der Waals surface area contributed by atoms with Crippen LogP contribution < -0.4 is 0 Å².